The van der Waals surface area contributed by atoms with Crippen molar-refractivity contribution in [2.45, 2.75) is 6.42 Å². The average Bonchev–Trinajstić information content (AvgIpc) is 2.20. The molecule has 4 heteroatoms. The van der Waals surface area contributed by atoms with Crippen LogP contribution in [0.4, 0.5) is 4.39 Å². The van der Waals surface area contributed by atoms with Crippen LogP contribution in [0.2, 0.25) is 0 Å². The predicted molar refractivity (Wildman–Crippen MR) is 53.7 cm³/mol. The van der Waals surface area contributed by atoms with Gasteiger partial charge in [-0.3, -0.25) is 0 Å². The minimum Gasteiger partial charge on any atom is -0.492 e. The first-order valence-corrected chi connectivity index (χ1v) is 4.41. The van der Waals surface area contributed by atoms with E-state index in [1.807, 2.05) is 0 Å². The van der Waals surface area contributed by atoms with Crippen molar-refractivity contribution in [2.75, 3.05) is 6.61 Å². The van der Waals surface area contributed by atoms with Crippen LogP contribution < -0.4 is 4.74 Å². The van der Waals surface area contributed by atoms with E-state index in [-0.39, 0.29) is 11.3 Å². The highest BCUT2D eigenvalue weighted by atomic mass is 19.1. The molecule has 0 aliphatic carbocycles. The summed E-state index contributed by atoms with van der Waals surface area (Å²) in [4.78, 5) is 10.7. The molecule has 3 nitrogen and oxygen atoms in total. The van der Waals surface area contributed by atoms with E-state index in [4.69, 9.17) is 9.84 Å². The van der Waals surface area contributed by atoms with Crippen LogP contribution in [-0.4, -0.2) is 17.7 Å². The van der Waals surface area contributed by atoms with E-state index in [0.717, 1.165) is 12.1 Å². The standard InChI is InChI=1S/C11H11FO3/c1-2-3-6-15-10-5-4-8(12)7-9(10)11(13)14/h2,4-5,7H,1,3,6H2,(H,13,14). The smallest absolute Gasteiger partial charge is 0.339 e. The van der Waals surface area contributed by atoms with Crippen molar-refractivity contribution in [3.63, 3.8) is 0 Å². The zero-order valence-corrected chi connectivity index (χ0v) is 8.07. The summed E-state index contributed by atoms with van der Waals surface area (Å²) in [6.07, 6.45) is 2.26. The summed E-state index contributed by atoms with van der Waals surface area (Å²) < 4.78 is 17.9. The second-order valence-corrected chi connectivity index (χ2v) is 2.87. The molecular weight excluding hydrogens is 199 g/mol. The number of ether oxygens (including phenoxy) is 1. The van der Waals surface area contributed by atoms with Gasteiger partial charge in [-0.05, 0) is 24.6 Å². The van der Waals surface area contributed by atoms with Gasteiger partial charge in [-0.2, -0.15) is 0 Å². The minimum atomic E-state index is -1.21. The van der Waals surface area contributed by atoms with Gasteiger partial charge >= 0.3 is 5.97 Å². The van der Waals surface area contributed by atoms with Crippen LogP contribution in [0, 0.1) is 5.82 Å². The van der Waals surface area contributed by atoms with Gasteiger partial charge in [0.1, 0.15) is 17.1 Å². The van der Waals surface area contributed by atoms with E-state index in [0.29, 0.717) is 13.0 Å². The number of hydrogen-bond acceptors (Lipinski definition) is 2. The second kappa shape index (κ2) is 5.14. The molecule has 80 valence electrons. The Morgan fingerprint density at radius 2 is 2.33 bits per heavy atom. The third kappa shape index (κ3) is 3.09. The van der Waals surface area contributed by atoms with Crippen molar-refractivity contribution in [1.82, 2.24) is 0 Å². The van der Waals surface area contributed by atoms with Gasteiger partial charge in [0, 0.05) is 0 Å². The third-order valence-electron chi connectivity index (χ3n) is 1.75. The zero-order chi connectivity index (χ0) is 11.3. The average molecular weight is 210 g/mol. The lowest BCUT2D eigenvalue weighted by Gasteiger charge is -2.07. The highest BCUT2D eigenvalue weighted by molar-refractivity contribution is 5.90. The maximum atomic E-state index is 12.8. The molecule has 0 amide bonds. The number of halogens is 1. The number of rotatable bonds is 5. The van der Waals surface area contributed by atoms with Crippen LogP contribution in [0.1, 0.15) is 16.8 Å². The molecule has 0 saturated heterocycles. The van der Waals surface area contributed by atoms with E-state index in [1.165, 1.54) is 6.07 Å². The first kappa shape index (κ1) is 11.2. The van der Waals surface area contributed by atoms with E-state index < -0.39 is 11.8 Å². The fraction of sp³-hybridized carbons (Fsp3) is 0.182. The summed E-state index contributed by atoms with van der Waals surface area (Å²) in [7, 11) is 0. The number of carbonyl (C=O) groups is 1. The summed E-state index contributed by atoms with van der Waals surface area (Å²) in [6, 6.07) is 3.41. The molecule has 0 spiro atoms. The van der Waals surface area contributed by atoms with E-state index >= 15 is 0 Å². The zero-order valence-electron chi connectivity index (χ0n) is 8.07. The van der Waals surface area contributed by atoms with Crippen molar-refractivity contribution in [1.29, 1.82) is 0 Å². The SMILES string of the molecule is C=CCCOc1ccc(F)cc1C(=O)O. The van der Waals surface area contributed by atoms with Crippen LogP contribution in [0.3, 0.4) is 0 Å². The van der Waals surface area contributed by atoms with Crippen molar-refractivity contribution >= 4 is 5.97 Å². The highest BCUT2D eigenvalue weighted by Gasteiger charge is 2.11. The Hall–Kier alpha value is -1.84. The summed E-state index contributed by atoms with van der Waals surface area (Å²) in [5.41, 5.74) is -0.168. The van der Waals surface area contributed by atoms with Gasteiger partial charge < -0.3 is 9.84 Å². The molecule has 0 unspecified atom stereocenters. The van der Waals surface area contributed by atoms with E-state index in [1.54, 1.807) is 6.08 Å². The predicted octanol–water partition coefficient (Wildman–Crippen LogP) is 2.48. The lowest BCUT2D eigenvalue weighted by molar-refractivity contribution is 0.0691. The molecule has 0 fully saturated rings. The molecule has 1 N–H and O–H groups in total. The molecule has 0 radical (unpaired) electrons. The number of hydrogen-bond donors (Lipinski definition) is 1. The lowest BCUT2D eigenvalue weighted by Crippen LogP contribution is -2.04. The van der Waals surface area contributed by atoms with Gasteiger partial charge in [-0.1, -0.05) is 6.08 Å². The number of benzene rings is 1. The lowest BCUT2D eigenvalue weighted by atomic mass is 10.2. The fourth-order valence-electron chi connectivity index (χ4n) is 1.05. The van der Waals surface area contributed by atoms with Crippen molar-refractivity contribution in [2.24, 2.45) is 0 Å². The topological polar surface area (TPSA) is 46.5 Å². The maximum Gasteiger partial charge on any atom is 0.339 e. The molecule has 0 aliphatic rings. The summed E-state index contributed by atoms with van der Waals surface area (Å²) in [5.74, 6) is -1.63. The van der Waals surface area contributed by atoms with Crippen LogP contribution in [0.5, 0.6) is 5.75 Å². The minimum absolute atomic E-state index is 0.168. The molecule has 0 aromatic heterocycles. The Bertz CT molecular complexity index is 374. The van der Waals surface area contributed by atoms with Crippen molar-refractivity contribution < 1.29 is 19.0 Å². The molecule has 0 atom stereocenters. The van der Waals surface area contributed by atoms with Crippen LogP contribution in [0.15, 0.2) is 30.9 Å². The normalized spacial score (nSPS) is 9.67. The molecule has 1 aromatic carbocycles. The third-order valence-corrected chi connectivity index (χ3v) is 1.75. The van der Waals surface area contributed by atoms with Gasteiger partial charge in [0.15, 0.2) is 0 Å². The maximum absolute atomic E-state index is 12.8. The van der Waals surface area contributed by atoms with Gasteiger partial charge in [0.2, 0.25) is 0 Å². The Morgan fingerprint density at radius 3 is 2.93 bits per heavy atom. The quantitative estimate of drug-likeness (QED) is 0.599. The van der Waals surface area contributed by atoms with Gasteiger partial charge in [0.25, 0.3) is 0 Å². The van der Waals surface area contributed by atoms with Gasteiger partial charge in [-0.15, -0.1) is 6.58 Å². The number of carboxylic acids is 1. The summed E-state index contributed by atoms with van der Waals surface area (Å²) in [5, 5.41) is 8.78. The molecule has 0 saturated carbocycles. The monoisotopic (exact) mass is 210 g/mol. The Morgan fingerprint density at radius 1 is 1.60 bits per heavy atom. The van der Waals surface area contributed by atoms with Crippen molar-refractivity contribution in [3.05, 3.63) is 42.2 Å². The number of aromatic carboxylic acids is 1. The largest absolute Gasteiger partial charge is 0.492 e. The molecule has 0 aliphatic heterocycles. The van der Waals surface area contributed by atoms with E-state index in [2.05, 4.69) is 6.58 Å². The Balaban J connectivity index is 2.85. The second-order valence-electron chi connectivity index (χ2n) is 2.87. The van der Waals surface area contributed by atoms with Gasteiger partial charge in [0.05, 0.1) is 6.61 Å². The van der Waals surface area contributed by atoms with Gasteiger partial charge in [-0.25, -0.2) is 9.18 Å². The Kier molecular flexibility index (Phi) is 3.85. The summed E-state index contributed by atoms with van der Waals surface area (Å²) >= 11 is 0. The first-order valence-electron chi connectivity index (χ1n) is 4.41. The molecule has 0 bridgehead atoms. The van der Waals surface area contributed by atoms with E-state index in [9.17, 15) is 9.18 Å². The summed E-state index contributed by atoms with van der Waals surface area (Å²) in [6.45, 7) is 3.84. The van der Waals surface area contributed by atoms with Crippen LogP contribution in [0.25, 0.3) is 0 Å². The van der Waals surface area contributed by atoms with Crippen LogP contribution in [-0.2, 0) is 0 Å². The van der Waals surface area contributed by atoms with Crippen LogP contribution >= 0.6 is 0 Å². The van der Waals surface area contributed by atoms with Crippen molar-refractivity contribution in [3.8, 4) is 5.75 Å². The fourth-order valence-corrected chi connectivity index (χ4v) is 1.05. The molecule has 1 rings (SSSR count). The first-order chi connectivity index (χ1) is 7.15. The number of carboxylic acid groups (broad SMARTS) is 1. The molecule has 15 heavy (non-hydrogen) atoms. The molecule has 1 aromatic rings. The molecular formula is C11H11FO3. The molecule has 0 heterocycles. The Labute approximate surface area is 86.8 Å². The highest BCUT2D eigenvalue weighted by Crippen LogP contribution is 2.19.